The highest BCUT2D eigenvalue weighted by atomic mass is 79.9. The molecule has 0 bridgehead atoms. The van der Waals surface area contributed by atoms with E-state index in [1.165, 1.54) is 25.7 Å². The van der Waals surface area contributed by atoms with Gasteiger partial charge in [-0.2, -0.15) is 0 Å². The maximum Gasteiger partial charge on any atom is 0.128 e. The van der Waals surface area contributed by atoms with Crippen LogP contribution in [0.1, 0.15) is 32.6 Å². The minimum atomic E-state index is 0.655. The van der Waals surface area contributed by atoms with Crippen LogP contribution in [-0.2, 0) is 0 Å². The molecule has 1 aromatic heterocycles. The van der Waals surface area contributed by atoms with E-state index >= 15 is 0 Å². The number of pyridine rings is 1. The summed E-state index contributed by atoms with van der Waals surface area (Å²) in [5, 5.41) is 0. The Balaban J connectivity index is 2.11. The highest BCUT2D eigenvalue weighted by molar-refractivity contribution is 9.10. The van der Waals surface area contributed by atoms with Crippen molar-refractivity contribution in [3.05, 3.63) is 22.8 Å². The maximum atomic E-state index is 4.47. The summed E-state index contributed by atoms with van der Waals surface area (Å²) in [5.41, 5.74) is 0. The Kier molecular flexibility index (Phi) is 3.85. The first kappa shape index (κ1) is 11.9. The fourth-order valence-electron chi connectivity index (χ4n) is 2.62. The summed E-state index contributed by atoms with van der Waals surface area (Å²) >= 11 is 3.42. The van der Waals surface area contributed by atoms with Gasteiger partial charge >= 0.3 is 0 Å². The van der Waals surface area contributed by atoms with E-state index in [1.807, 2.05) is 6.20 Å². The SMILES string of the molecule is CC1CCCCC1N(C)c1ccc(Br)cn1. The van der Waals surface area contributed by atoms with Crippen molar-refractivity contribution in [1.29, 1.82) is 0 Å². The molecule has 3 heteroatoms. The third kappa shape index (κ3) is 2.57. The van der Waals surface area contributed by atoms with Crippen LogP contribution in [-0.4, -0.2) is 18.1 Å². The lowest BCUT2D eigenvalue weighted by Crippen LogP contribution is -2.39. The van der Waals surface area contributed by atoms with Crippen molar-refractivity contribution in [2.75, 3.05) is 11.9 Å². The zero-order chi connectivity index (χ0) is 11.5. The Labute approximate surface area is 106 Å². The average Bonchev–Trinajstić information content (AvgIpc) is 2.30. The second kappa shape index (κ2) is 5.17. The van der Waals surface area contributed by atoms with Gasteiger partial charge in [0.2, 0.25) is 0 Å². The number of rotatable bonds is 2. The van der Waals surface area contributed by atoms with Crippen LogP contribution in [0.2, 0.25) is 0 Å². The second-order valence-electron chi connectivity index (χ2n) is 4.77. The number of halogens is 1. The molecule has 2 atom stereocenters. The molecule has 0 N–H and O–H groups in total. The van der Waals surface area contributed by atoms with Gasteiger partial charge < -0.3 is 4.90 Å². The molecule has 1 fully saturated rings. The van der Waals surface area contributed by atoms with E-state index in [0.717, 1.165) is 16.2 Å². The molecule has 0 amide bonds. The van der Waals surface area contributed by atoms with Crippen LogP contribution in [0.3, 0.4) is 0 Å². The van der Waals surface area contributed by atoms with E-state index in [1.54, 1.807) is 0 Å². The number of hydrogen-bond donors (Lipinski definition) is 0. The maximum absolute atomic E-state index is 4.47. The van der Waals surface area contributed by atoms with Gasteiger partial charge in [0.1, 0.15) is 5.82 Å². The topological polar surface area (TPSA) is 16.1 Å². The molecule has 1 aliphatic rings. The quantitative estimate of drug-likeness (QED) is 0.819. The monoisotopic (exact) mass is 282 g/mol. The standard InChI is InChI=1S/C13H19BrN2/c1-10-5-3-4-6-12(10)16(2)13-8-7-11(14)9-15-13/h7-10,12H,3-6H2,1-2H3. The van der Waals surface area contributed by atoms with Crippen molar-refractivity contribution in [1.82, 2.24) is 4.98 Å². The number of anilines is 1. The molecule has 16 heavy (non-hydrogen) atoms. The third-order valence-electron chi connectivity index (χ3n) is 3.64. The number of nitrogens with zero attached hydrogens (tertiary/aromatic N) is 2. The van der Waals surface area contributed by atoms with Crippen LogP contribution in [0.4, 0.5) is 5.82 Å². The fourth-order valence-corrected chi connectivity index (χ4v) is 2.85. The Morgan fingerprint density at radius 3 is 2.69 bits per heavy atom. The predicted octanol–water partition coefficient (Wildman–Crippen LogP) is 3.86. The highest BCUT2D eigenvalue weighted by Crippen LogP contribution is 2.29. The van der Waals surface area contributed by atoms with E-state index in [0.29, 0.717) is 6.04 Å². The van der Waals surface area contributed by atoms with Gasteiger partial charge in [-0.3, -0.25) is 0 Å². The van der Waals surface area contributed by atoms with E-state index < -0.39 is 0 Å². The van der Waals surface area contributed by atoms with Gasteiger partial charge in [0, 0.05) is 23.8 Å². The molecular formula is C13H19BrN2. The summed E-state index contributed by atoms with van der Waals surface area (Å²) < 4.78 is 1.04. The summed E-state index contributed by atoms with van der Waals surface area (Å²) in [6.45, 7) is 2.36. The van der Waals surface area contributed by atoms with Crippen LogP contribution in [0.15, 0.2) is 22.8 Å². The lowest BCUT2D eigenvalue weighted by molar-refractivity contribution is 0.320. The Morgan fingerprint density at radius 1 is 1.31 bits per heavy atom. The highest BCUT2D eigenvalue weighted by Gasteiger charge is 2.25. The van der Waals surface area contributed by atoms with Crippen molar-refractivity contribution in [3.63, 3.8) is 0 Å². The summed E-state index contributed by atoms with van der Waals surface area (Å²) in [6.07, 6.45) is 7.27. The molecule has 1 aliphatic carbocycles. The summed E-state index contributed by atoms with van der Waals surface area (Å²) in [5.74, 6) is 1.87. The second-order valence-corrected chi connectivity index (χ2v) is 5.69. The van der Waals surface area contributed by atoms with Gasteiger partial charge in [-0.25, -0.2) is 4.98 Å². The van der Waals surface area contributed by atoms with Crippen molar-refractivity contribution in [3.8, 4) is 0 Å². The van der Waals surface area contributed by atoms with E-state index in [9.17, 15) is 0 Å². The lowest BCUT2D eigenvalue weighted by atomic mass is 9.85. The van der Waals surface area contributed by atoms with Crippen LogP contribution < -0.4 is 4.90 Å². The largest absolute Gasteiger partial charge is 0.356 e. The van der Waals surface area contributed by atoms with Crippen LogP contribution >= 0.6 is 15.9 Å². The van der Waals surface area contributed by atoms with Gasteiger partial charge in [-0.1, -0.05) is 19.8 Å². The van der Waals surface area contributed by atoms with E-state index in [-0.39, 0.29) is 0 Å². The van der Waals surface area contributed by atoms with Crippen molar-refractivity contribution >= 4 is 21.7 Å². The van der Waals surface area contributed by atoms with Crippen LogP contribution in [0.5, 0.6) is 0 Å². The molecule has 1 saturated carbocycles. The molecule has 0 aromatic carbocycles. The molecule has 0 spiro atoms. The average molecular weight is 283 g/mol. The fraction of sp³-hybridized carbons (Fsp3) is 0.615. The van der Waals surface area contributed by atoms with Gasteiger partial charge in [0.05, 0.1) is 0 Å². The van der Waals surface area contributed by atoms with Crippen molar-refractivity contribution < 1.29 is 0 Å². The molecule has 2 nitrogen and oxygen atoms in total. The number of aromatic nitrogens is 1. The zero-order valence-corrected chi connectivity index (χ0v) is 11.6. The van der Waals surface area contributed by atoms with Gasteiger partial charge in [0.25, 0.3) is 0 Å². The molecule has 0 saturated heterocycles. The van der Waals surface area contributed by atoms with Gasteiger partial charge in [-0.05, 0) is 46.8 Å². The normalized spacial score (nSPS) is 25.4. The molecule has 0 radical (unpaired) electrons. The Hall–Kier alpha value is -0.570. The Bertz CT molecular complexity index is 336. The molecule has 2 rings (SSSR count). The molecule has 88 valence electrons. The predicted molar refractivity (Wildman–Crippen MR) is 71.8 cm³/mol. The molecule has 0 aliphatic heterocycles. The Morgan fingerprint density at radius 2 is 2.06 bits per heavy atom. The van der Waals surface area contributed by atoms with Crippen LogP contribution in [0.25, 0.3) is 0 Å². The van der Waals surface area contributed by atoms with Crippen LogP contribution in [0, 0.1) is 5.92 Å². The first-order valence-electron chi connectivity index (χ1n) is 6.03. The molecular weight excluding hydrogens is 264 g/mol. The van der Waals surface area contributed by atoms with Crippen molar-refractivity contribution in [2.24, 2.45) is 5.92 Å². The molecule has 2 unspecified atom stereocenters. The van der Waals surface area contributed by atoms with Gasteiger partial charge in [-0.15, -0.1) is 0 Å². The minimum absolute atomic E-state index is 0.655. The minimum Gasteiger partial charge on any atom is -0.356 e. The zero-order valence-electron chi connectivity index (χ0n) is 9.99. The lowest BCUT2D eigenvalue weighted by Gasteiger charge is -2.37. The van der Waals surface area contributed by atoms with E-state index in [4.69, 9.17) is 0 Å². The first-order chi connectivity index (χ1) is 7.68. The van der Waals surface area contributed by atoms with Gasteiger partial charge in [0.15, 0.2) is 0 Å². The molecule has 1 aromatic rings. The number of hydrogen-bond acceptors (Lipinski definition) is 2. The van der Waals surface area contributed by atoms with Crippen molar-refractivity contribution in [2.45, 2.75) is 38.6 Å². The molecule has 1 heterocycles. The summed E-state index contributed by atoms with van der Waals surface area (Å²) in [4.78, 5) is 6.81. The first-order valence-corrected chi connectivity index (χ1v) is 6.82. The third-order valence-corrected chi connectivity index (χ3v) is 4.11. The summed E-state index contributed by atoms with van der Waals surface area (Å²) in [7, 11) is 2.17. The smallest absolute Gasteiger partial charge is 0.128 e. The summed E-state index contributed by atoms with van der Waals surface area (Å²) in [6, 6.07) is 4.81. The van der Waals surface area contributed by atoms with E-state index in [2.05, 4.69) is 51.9 Å².